The molecule has 2 aromatic carbocycles. The molecule has 0 aliphatic heterocycles. The summed E-state index contributed by atoms with van der Waals surface area (Å²) in [5.74, 6) is 0.0659. The minimum atomic E-state index is -1.01. The Morgan fingerprint density at radius 2 is 1.89 bits per heavy atom. The van der Waals surface area contributed by atoms with Crippen molar-refractivity contribution in [2.45, 2.75) is 77.8 Å². The number of carboxylic acid groups (broad SMARTS) is 1. The number of carbonyl (C=O) groups excluding carboxylic acids is 1. The molecule has 2 N–H and O–H groups in total. The van der Waals surface area contributed by atoms with E-state index in [1.165, 1.54) is 32.1 Å². The van der Waals surface area contributed by atoms with E-state index in [0.29, 0.717) is 30.9 Å². The number of aliphatic carboxylic acids is 1. The van der Waals surface area contributed by atoms with Crippen LogP contribution in [0.15, 0.2) is 42.5 Å². The number of benzene rings is 2. The maximum Gasteiger partial charge on any atom is 0.326 e. The van der Waals surface area contributed by atoms with Crippen molar-refractivity contribution in [1.82, 2.24) is 10.4 Å². The number of hydrogen-bond acceptors (Lipinski definition) is 5. The summed E-state index contributed by atoms with van der Waals surface area (Å²) in [5.41, 5.74) is 4.40. The standard InChI is InChI=1S/C31H44N2O4S/c1-4-19-37-33(18-16-24-11-6-5-7-12-24)22-25-14-15-27(28(21-25)26-13-9-8-10-23(26)2)30(34)32-29(31(35)36)17-20-38-3/h8-10,13-15,21,24,29H,4-7,11-12,16-20,22H2,1-3H3,(H,32,34)(H,35,36). The maximum absolute atomic E-state index is 13.4. The molecule has 0 spiro atoms. The lowest BCUT2D eigenvalue weighted by atomic mass is 9.87. The quantitative estimate of drug-likeness (QED) is 0.244. The van der Waals surface area contributed by atoms with Crippen LogP contribution in [-0.2, 0) is 16.2 Å². The van der Waals surface area contributed by atoms with Crippen molar-refractivity contribution in [3.8, 4) is 11.1 Å². The molecule has 1 atom stereocenters. The van der Waals surface area contributed by atoms with Crippen LogP contribution in [0.2, 0.25) is 0 Å². The lowest BCUT2D eigenvalue weighted by Gasteiger charge is -2.27. The van der Waals surface area contributed by atoms with E-state index in [2.05, 4.69) is 23.4 Å². The van der Waals surface area contributed by atoms with E-state index in [0.717, 1.165) is 47.6 Å². The third-order valence-electron chi connectivity index (χ3n) is 7.33. The molecular weight excluding hydrogens is 496 g/mol. The molecule has 1 fully saturated rings. The summed E-state index contributed by atoms with van der Waals surface area (Å²) in [6.07, 6.45) is 11.1. The Hall–Kier alpha value is -2.35. The SMILES string of the molecule is CCCON(CCC1CCCCC1)Cc1ccc(C(=O)NC(CCSC)C(=O)O)c(-c2ccccc2C)c1. The van der Waals surface area contributed by atoms with E-state index in [-0.39, 0.29) is 5.91 Å². The first-order chi connectivity index (χ1) is 18.4. The molecule has 1 aliphatic carbocycles. The van der Waals surface area contributed by atoms with Crippen LogP contribution in [0.3, 0.4) is 0 Å². The molecule has 3 rings (SSSR count). The van der Waals surface area contributed by atoms with Gasteiger partial charge in [0.05, 0.1) is 6.61 Å². The minimum absolute atomic E-state index is 0.361. The molecule has 0 bridgehead atoms. The monoisotopic (exact) mass is 540 g/mol. The van der Waals surface area contributed by atoms with Gasteiger partial charge in [-0.3, -0.25) is 9.63 Å². The third kappa shape index (κ3) is 9.14. The predicted molar refractivity (Wildman–Crippen MR) is 156 cm³/mol. The van der Waals surface area contributed by atoms with Gasteiger partial charge in [0.25, 0.3) is 5.91 Å². The number of aryl methyl sites for hydroxylation is 1. The molecular formula is C31H44N2O4S. The molecule has 0 heterocycles. The molecule has 38 heavy (non-hydrogen) atoms. The van der Waals surface area contributed by atoms with Gasteiger partial charge in [0.1, 0.15) is 6.04 Å². The van der Waals surface area contributed by atoms with Crippen LogP contribution >= 0.6 is 11.8 Å². The number of amides is 1. The molecule has 1 aliphatic rings. The number of nitrogens with one attached hydrogen (secondary N) is 1. The molecule has 0 aromatic heterocycles. The summed E-state index contributed by atoms with van der Waals surface area (Å²) in [6.45, 7) is 6.36. The Labute approximate surface area is 232 Å². The molecule has 0 radical (unpaired) electrons. The minimum Gasteiger partial charge on any atom is -0.480 e. The zero-order chi connectivity index (χ0) is 27.3. The fourth-order valence-corrected chi connectivity index (χ4v) is 5.60. The van der Waals surface area contributed by atoms with Gasteiger partial charge in [0.2, 0.25) is 0 Å². The van der Waals surface area contributed by atoms with Gasteiger partial charge in [0, 0.05) is 18.7 Å². The first-order valence-corrected chi connectivity index (χ1v) is 15.4. The number of carboxylic acids is 1. The number of thioether (sulfide) groups is 1. The van der Waals surface area contributed by atoms with Gasteiger partial charge < -0.3 is 10.4 Å². The van der Waals surface area contributed by atoms with E-state index in [9.17, 15) is 14.7 Å². The van der Waals surface area contributed by atoms with Crippen LogP contribution in [-0.4, -0.2) is 53.2 Å². The van der Waals surface area contributed by atoms with Crippen molar-refractivity contribution < 1.29 is 19.5 Å². The second kappa shape index (κ2) is 15.9. The van der Waals surface area contributed by atoms with Crippen molar-refractivity contribution in [2.24, 2.45) is 5.92 Å². The summed E-state index contributed by atoms with van der Waals surface area (Å²) in [6, 6.07) is 12.9. The molecule has 1 unspecified atom stereocenters. The summed E-state index contributed by atoms with van der Waals surface area (Å²) in [7, 11) is 0. The largest absolute Gasteiger partial charge is 0.480 e. The third-order valence-corrected chi connectivity index (χ3v) is 7.97. The predicted octanol–water partition coefficient (Wildman–Crippen LogP) is 6.71. The van der Waals surface area contributed by atoms with Crippen molar-refractivity contribution in [3.63, 3.8) is 0 Å². The topological polar surface area (TPSA) is 78.9 Å². The van der Waals surface area contributed by atoms with Gasteiger partial charge in [-0.2, -0.15) is 16.8 Å². The van der Waals surface area contributed by atoms with Crippen LogP contribution in [0, 0.1) is 12.8 Å². The smallest absolute Gasteiger partial charge is 0.326 e. The average molecular weight is 541 g/mol. The lowest BCUT2D eigenvalue weighted by Crippen LogP contribution is -2.41. The molecule has 208 valence electrons. The van der Waals surface area contributed by atoms with Gasteiger partial charge in [-0.05, 0) is 78.5 Å². The molecule has 1 amide bonds. The highest BCUT2D eigenvalue weighted by atomic mass is 32.2. The molecule has 0 saturated heterocycles. The highest BCUT2D eigenvalue weighted by Gasteiger charge is 2.23. The van der Waals surface area contributed by atoms with Crippen LogP contribution < -0.4 is 5.32 Å². The fraction of sp³-hybridized carbons (Fsp3) is 0.548. The first-order valence-electron chi connectivity index (χ1n) is 14.0. The Balaban J connectivity index is 1.85. The van der Waals surface area contributed by atoms with E-state index >= 15 is 0 Å². The van der Waals surface area contributed by atoms with Crippen molar-refractivity contribution in [1.29, 1.82) is 0 Å². The second-order valence-electron chi connectivity index (χ2n) is 10.3. The number of rotatable bonds is 15. The lowest BCUT2D eigenvalue weighted by molar-refractivity contribution is -0.168. The van der Waals surface area contributed by atoms with Gasteiger partial charge in [-0.15, -0.1) is 0 Å². The number of hydrogen-bond donors (Lipinski definition) is 2. The Bertz CT molecular complexity index is 1040. The zero-order valence-corrected chi connectivity index (χ0v) is 24.0. The van der Waals surface area contributed by atoms with Crippen LogP contribution in [0.25, 0.3) is 11.1 Å². The van der Waals surface area contributed by atoms with Crippen LogP contribution in [0.4, 0.5) is 0 Å². The van der Waals surface area contributed by atoms with Gasteiger partial charge in [-0.1, -0.05) is 69.4 Å². The first kappa shape index (κ1) is 30.2. The Morgan fingerprint density at radius 1 is 1.13 bits per heavy atom. The van der Waals surface area contributed by atoms with E-state index in [1.54, 1.807) is 11.8 Å². The number of hydroxylamine groups is 2. The van der Waals surface area contributed by atoms with Crippen molar-refractivity contribution in [3.05, 3.63) is 59.2 Å². The second-order valence-corrected chi connectivity index (χ2v) is 11.3. The van der Waals surface area contributed by atoms with Gasteiger partial charge >= 0.3 is 5.97 Å². The molecule has 1 saturated carbocycles. The van der Waals surface area contributed by atoms with E-state index in [1.807, 2.05) is 49.6 Å². The highest BCUT2D eigenvalue weighted by Crippen LogP contribution is 2.30. The van der Waals surface area contributed by atoms with Crippen LogP contribution in [0.1, 0.15) is 79.8 Å². The van der Waals surface area contributed by atoms with E-state index < -0.39 is 12.0 Å². The summed E-state index contributed by atoms with van der Waals surface area (Å²) >= 11 is 1.57. The number of carbonyl (C=O) groups is 2. The number of nitrogens with zero attached hydrogens (tertiary/aromatic N) is 1. The zero-order valence-electron chi connectivity index (χ0n) is 23.2. The maximum atomic E-state index is 13.4. The Morgan fingerprint density at radius 3 is 2.58 bits per heavy atom. The van der Waals surface area contributed by atoms with Crippen molar-refractivity contribution >= 4 is 23.6 Å². The normalized spacial score (nSPS) is 14.9. The highest BCUT2D eigenvalue weighted by molar-refractivity contribution is 7.98. The van der Waals surface area contributed by atoms with Crippen LogP contribution in [0.5, 0.6) is 0 Å². The van der Waals surface area contributed by atoms with E-state index in [4.69, 9.17) is 4.84 Å². The molecule has 7 heteroatoms. The summed E-state index contributed by atoms with van der Waals surface area (Å²) in [5, 5.41) is 14.5. The fourth-order valence-electron chi connectivity index (χ4n) is 5.13. The average Bonchev–Trinajstić information content (AvgIpc) is 2.93. The summed E-state index contributed by atoms with van der Waals surface area (Å²) in [4.78, 5) is 31.3. The Kier molecular flexibility index (Phi) is 12.6. The van der Waals surface area contributed by atoms with Gasteiger partial charge in [-0.25, -0.2) is 4.79 Å². The molecule has 6 nitrogen and oxygen atoms in total. The van der Waals surface area contributed by atoms with Gasteiger partial charge in [0.15, 0.2) is 0 Å². The molecule has 2 aromatic rings. The summed E-state index contributed by atoms with van der Waals surface area (Å²) < 4.78 is 0. The van der Waals surface area contributed by atoms with Crippen molar-refractivity contribution in [2.75, 3.05) is 25.2 Å².